The van der Waals surface area contributed by atoms with Crippen LogP contribution < -0.4 is 10.5 Å². The molecule has 0 aliphatic carbocycles. The van der Waals surface area contributed by atoms with Crippen molar-refractivity contribution in [2.45, 2.75) is 0 Å². The Morgan fingerprint density at radius 3 is 2.94 bits per heavy atom. The van der Waals surface area contributed by atoms with Gasteiger partial charge in [-0.15, -0.1) is 0 Å². The van der Waals surface area contributed by atoms with E-state index in [-0.39, 0.29) is 12.5 Å². The predicted molar refractivity (Wildman–Crippen MR) is 63.6 cm³/mol. The second-order valence-corrected chi connectivity index (χ2v) is 3.95. The molecule has 4 nitrogen and oxygen atoms in total. The third kappa shape index (κ3) is 5.00. The maximum atomic E-state index is 10.6. The van der Waals surface area contributed by atoms with E-state index in [4.69, 9.17) is 22.1 Å². The van der Waals surface area contributed by atoms with Crippen LogP contribution in [0.4, 0.5) is 0 Å². The van der Waals surface area contributed by atoms with Crippen molar-refractivity contribution in [2.24, 2.45) is 5.73 Å². The van der Waals surface area contributed by atoms with Gasteiger partial charge in [0.1, 0.15) is 12.4 Å². The molecule has 0 unspecified atom stereocenters. The quantitative estimate of drug-likeness (QED) is 0.814. The van der Waals surface area contributed by atoms with E-state index in [0.29, 0.717) is 18.2 Å². The van der Waals surface area contributed by atoms with Gasteiger partial charge in [0.05, 0.1) is 6.54 Å². The van der Waals surface area contributed by atoms with Crippen molar-refractivity contribution < 1.29 is 9.53 Å². The molecule has 1 aromatic carbocycles. The molecule has 0 aliphatic rings. The smallest absolute Gasteiger partial charge is 0.231 e. The van der Waals surface area contributed by atoms with Crippen LogP contribution in [0, 0.1) is 0 Å². The monoisotopic (exact) mass is 242 g/mol. The molecule has 0 heterocycles. The van der Waals surface area contributed by atoms with Gasteiger partial charge in [0.15, 0.2) is 0 Å². The van der Waals surface area contributed by atoms with Crippen molar-refractivity contribution in [3.63, 3.8) is 0 Å². The van der Waals surface area contributed by atoms with E-state index >= 15 is 0 Å². The number of ether oxygens (including phenoxy) is 1. The molecule has 0 saturated heterocycles. The minimum atomic E-state index is -0.342. The number of likely N-dealkylation sites (N-methyl/N-ethyl adjacent to an activating group) is 1. The highest BCUT2D eigenvalue weighted by Crippen LogP contribution is 2.16. The second-order valence-electron chi connectivity index (χ2n) is 3.51. The van der Waals surface area contributed by atoms with E-state index in [0.717, 1.165) is 5.75 Å². The Hall–Kier alpha value is -1.26. The number of hydrogen-bond donors (Lipinski definition) is 1. The lowest BCUT2D eigenvalue weighted by molar-refractivity contribution is -0.118. The average Bonchev–Trinajstić information content (AvgIpc) is 2.16. The van der Waals surface area contributed by atoms with Crippen molar-refractivity contribution in [3.8, 4) is 5.75 Å². The number of halogens is 1. The summed E-state index contributed by atoms with van der Waals surface area (Å²) in [4.78, 5) is 12.4. The number of amides is 1. The lowest BCUT2D eigenvalue weighted by Gasteiger charge is -2.14. The van der Waals surface area contributed by atoms with Crippen LogP contribution in [-0.4, -0.2) is 37.6 Å². The van der Waals surface area contributed by atoms with Crippen LogP contribution in [0.2, 0.25) is 5.02 Å². The molecule has 1 rings (SSSR count). The minimum absolute atomic E-state index is 0.235. The first-order chi connectivity index (χ1) is 7.58. The number of nitrogens with two attached hydrogens (primary N) is 1. The van der Waals surface area contributed by atoms with Gasteiger partial charge in [-0.05, 0) is 25.2 Å². The molecule has 16 heavy (non-hydrogen) atoms. The number of hydrogen-bond acceptors (Lipinski definition) is 3. The fraction of sp³-hybridized carbons (Fsp3) is 0.364. The summed E-state index contributed by atoms with van der Waals surface area (Å²) in [6.45, 7) is 1.36. The van der Waals surface area contributed by atoms with Gasteiger partial charge in [-0.25, -0.2) is 0 Å². The van der Waals surface area contributed by atoms with Gasteiger partial charge in [-0.1, -0.05) is 17.7 Å². The molecular formula is C11H15ClN2O2. The summed E-state index contributed by atoms with van der Waals surface area (Å²) in [5, 5.41) is 0.642. The molecule has 1 amide bonds. The Bertz CT molecular complexity index is 358. The Labute approximate surface area is 99.9 Å². The van der Waals surface area contributed by atoms with E-state index in [1.54, 1.807) is 17.0 Å². The van der Waals surface area contributed by atoms with E-state index in [9.17, 15) is 4.79 Å². The van der Waals surface area contributed by atoms with Crippen molar-refractivity contribution in [2.75, 3.05) is 26.7 Å². The van der Waals surface area contributed by atoms with Gasteiger partial charge >= 0.3 is 0 Å². The van der Waals surface area contributed by atoms with Crippen LogP contribution in [0.3, 0.4) is 0 Å². The Kier molecular flexibility index (Phi) is 5.08. The van der Waals surface area contributed by atoms with E-state index in [1.807, 2.05) is 19.2 Å². The second kappa shape index (κ2) is 6.35. The molecule has 0 atom stereocenters. The van der Waals surface area contributed by atoms with Crippen LogP contribution in [0.1, 0.15) is 0 Å². The Balaban J connectivity index is 2.27. The number of nitrogens with zero attached hydrogens (tertiary/aromatic N) is 1. The van der Waals surface area contributed by atoms with Crippen molar-refractivity contribution in [1.82, 2.24) is 4.90 Å². The summed E-state index contributed by atoms with van der Waals surface area (Å²) in [6.07, 6.45) is 0. The molecular weight excluding hydrogens is 228 g/mol. The van der Waals surface area contributed by atoms with Gasteiger partial charge in [0, 0.05) is 11.6 Å². The molecule has 0 bridgehead atoms. The van der Waals surface area contributed by atoms with Crippen LogP contribution in [0.25, 0.3) is 0 Å². The van der Waals surface area contributed by atoms with Crippen LogP contribution in [0.5, 0.6) is 5.75 Å². The largest absolute Gasteiger partial charge is 0.492 e. The molecule has 5 heteroatoms. The third-order valence-corrected chi connectivity index (χ3v) is 2.20. The predicted octanol–water partition coefficient (Wildman–Crippen LogP) is 1.14. The molecule has 0 aliphatic heterocycles. The topological polar surface area (TPSA) is 55.6 Å². The summed E-state index contributed by atoms with van der Waals surface area (Å²) in [5.41, 5.74) is 5.06. The van der Waals surface area contributed by atoms with E-state index in [1.165, 1.54) is 0 Å². The SMILES string of the molecule is CN(CCOc1cccc(Cl)c1)CC(N)=O. The first-order valence-electron chi connectivity index (χ1n) is 4.93. The molecule has 1 aromatic rings. The summed E-state index contributed by atoms with van der Waals surface area (Å²) in [5.74, 6) is 0.380. The fourth-order valence-corrected chi connectivity index (χ4v) is 1.40. The standard InChI is InChI=1S/C11H15ClN2O2/c1-14(8-11(13)15)5-6-16-10-4-2-3-9(12)7-10/h2-4,7H,5-6,8H2,1H3,(H2,13,15). The normalized spacial score (nSPS) is 10.4. The molecule has 0 spiro atoms. The molecule has 0 aromatic heterocycles. The van der Waals surface area contributed by atoms with Crippen LogP contribution >= 0.6 is 11.6 Å². The summed E-state index contributed by atoms with van der Waals surface area (Å²) in [6, 6.07) is 7.19. The van der Waals surface area contributed by atoms with Crippen molar-refractivity contribution in [3.05, 3.63) is 29.3 Å². The average molecular weight is 243 g/mol. The first-order valence-corrected chi connectivity index (χ1v) is 5.31. The lowest BCUT2D eigenvalue weighted by atomic mass is 10.3. The van der Waals surface area contributed by atoms with Gasteiger partial charge in [0.25, 0.3) is 0 Å². The maximum Gasteiger partial charge on any atom is 0.231 e. The number of carbonyl (C=O) groups is 1. The number of benzene rings is 1. The van der Waals surface area contributed by atoms with Crippen molar-refractivity contribution >= 4 is 17.5 Å². The van der Waals surface area contributed by atoms with Gasteiger partial charge in [-0.3, -0.25) is 9.69 Å². The van der Waals surface area contributed by atoms with Crippen LogP contribution in [0.15, 0.2) is 24.3 Å². The van der Waals surface area contributed by atoms with E-state index in [2.05, 4.69) is 0 Å². The van der Waals surface area contributed by atoms with E-state index < -0.39 is 0 Å². The van der Waals surface area contributed by atoms with Crippen LogP contribution in [-0.2, 0) is 4.79 Å². The lowest BCUT2D eigenvalue weighted by Crippen LogP contribution is -2.33. The fourth-order valence-electron chi connectivity index (χ4n) is 1.22. The number of primary amides is 1. The van der Waals surface area contributed by atoms with Gasteiger partial charge < -0.3 is 10.5 Å². The summed E-state index contributed by atoms with van der Waals surface area (Å²) < 4.78 is 5.46. The highest BCUT2D eigenvalue weighted by Gasteiger charge is 2.02. The highest BCUT2D eigenvalue weighted by molar-refractivity contribution is 6.30. The zero-order chi connectivity index (χ0) is 12.0. The van der Waals surface area contributed by atoms with Crippen molar-refractivity contribution in [1.29, 1.82) is 0 Å². The molecule has 0 radical (unpaired) electrons. The van der Waals surface area contributed by atoms with Gasteiger partial charge in [-0.2, -0.15) is 0 Å². The minimum Gasteiger partial charge on any atom is -0.492 e. The number of rotatable bonds is 6. The highest BCUT2D eigenvalue weighted by atomic mass is 35.5. The zero-order valence-corrected chi connectivity index (χ0v) is 9.91. The first kappa shape index (κ1) is 12.8. The zero-order valence-electron chi connectivity index (χ0n) is 9.15. The molecule has 0 fully saturated rings. The molecule has 0 saturated carbocycles. The molecule has 88 valence electrons. The maximum absolute atomic E-state index is 10.6. The summed E-state index contributed by atoms with van der Waals surface area (Å²) in [7, 11) is 1.81. The summed E-state index contributed by atoms with van der Waals surface area (Å²) >= 11 is 5.80. The Morgan fingerprint density at radius 2 is 2.31 bits per heavy atom. The third-order valence-electron chi connectivity index (χ3n) is 1.96. The van der Waals surface area contributed by atoms with Gasteiger partial charge in [0.2, 0.25) is 5.91 Å². The Morgan fingerprint density at radius 1 is 1.56 bits per heavy atom. The number of carbonyl (C=O) groups excluding carboxylic acids is 1. The molecule has 2 N–H and O–H groups in total.